The van der Waals surface area contributed by atoms with E-state index in [0.717, 1.165) is 79.1 Å². The summed E-state index contributed by atoms with van der Waals surface area (Å²) in [5.41, 5.74) is 7.39. The minimum Gasteiger partial charge on any atom is -0.445 e. The number of nitrogens with zero attached hydrogens (tertiary/aromatic N) is 2. The molecule has 0 saturated carbocycles. The first-order valence-electron chi connectivity index (χ1n) is 16.8. The Morgan fingerprint density at radius 1 is 0.812 bits per heavy atom. The topological polar surface area (TPSA) is 83.5 Å². The van der Waals surface area contributed by atoms with Crippen molar-refractivity contribution in [2.24, 2.45) is 0 Å². The Hall–Kier alpha value is -4.31. The molecule has 8 nitrogen and oxygen atoms in total. The van der Waals surface area contributed by atoms with E-state index in [0.29, 0.717) is 6.54 Å². The summed E-state index contributed by atoms with van der Waals surface area (Å²) in [6.45, 7) is 10.0. The van der Waals surface area contributed by atoms with Gasteiger partial charge in [0.05, 0.1) is 18.8 Å². The molecule has 0 bridgehead atoms. The van der Waals surface area contributed by atoms with Gasteiger partial charge in [-0.05, 0) is 39.4 Å². The summed E-state index contributed by atoms with van der Waals surface area (Å²) >= 11 is 0. The van der Waals surface area contributed by atoms with Crippen LogP contribution in [0.1, 0.15) is 46.6 Å². The van der Waals surface area contributed by atoms with E-state index < -0.39 is 12.4 Å². The lowest BCUT2D eigenvalue weighted by molar-refractivity contribution is -0.253. The molecule has 2 aliphatic rings. The van der Waals surface area contributed by atoms with Crippen LogP contribution in [0.4, 0.5) is 4.79 Å². The molecule has 2 saturated heterocycles. The second-order valence-corrected chi connectivity index (χ2v) is 12.5. The molecule has 6 rings (SSSR count). The third-order valence-electron chi connectivity index (χ3n) is 9.00. The molecule has 2 aliphatic heterocycles. The van der Waals surface area contributed by atoms with E-state index in [1.807, 2.05) is 24.3 Å². The summed E-state index contributed by atoms with van der Waals surface area (Å²) in [4.78, 5) is 16.9. The summed E-state index contributed by atoms with van der Waals surface area (Å²) in [7, 11) is 0. The van der Waals surface area contributed by atoms with Crippen molar-refractivity contribution in [1.29, 1.82) is 0 Å². The largest absolute Gasteiger partial charge is 0.445 e. The molecule has 3 atom stereocenters. The fourth-order valence-corrected chi connectivity index (χ4v) is 6.35. The van der Waals surface area contributed by atoms with Crippen LogP contribution in [0, 0.1) is 0 Å². The van der Waals surface area contributed by atoms with Gasteiger partial charge >= 0.3 is 6.09 Å². The van der Waals surface area contributed by atoms with Crippen LogP contribution in [0.15, 0.2) is 116 Å². The number of hydrogen-bond donors (Lipinski definition) is 2. The van der Waals surface area contributed by atoms with E-state index in [2.05, 4.69) is 101 Å². The van der Waals surface area contributed by atoms with Crippen molar-refractivity contribution in [3.63, 3.8) is 0 Å². The van der Waals surface area contributed by atoms with Gasteiger partial charge in [0.25, 0.3) is 0 Å². The van der Waals surface area contributed by atoms with Gasteiger partial charge in [0.15, 0.2) is 6.29 Å². The van der Waals surface area contributed by atoms with Gasteiger partial charge in [0, 0.05) is 57.8 Å². The number of aliphatic hydroxyl groups is 1. The van der Waals surface area contributed by atoms with Crippen molar-refractivity contribution in [2.45, 2.75) is 44.6 Å². The molecule has 0 radical (unpaired) electrons. The lowest BCUT2D eigenvalue weighted by Gasteiger charge is -2.40. The van der Waals surface area contributed by atoms with Crippen molar-refractivity contribution in [2.75, 3.05) is 39.3 Å². The number of carbonyl (C=O) groups excluding carboxylic acids is 1. The number of rotatable bonds is 12. The van der Waals surface area contributed by atoms with E-state index in [1.54, 1.807) is 0 Å². The molecular weight excluding hydrogens is 602 g/mol. The molecule has 2 fully saturated rings. The fraction of sp³-hybridized carbons (Fsp3) is 0.325. The molecule has 2 heterocycles. The standard InChI is InChI=1S/C40H45N3O5/c1-2-23-46-40(45)41-26-32-9-6-10-36(24-32)33-15-17-35(18-16-33)39-47-37(25-38(48-39)34-13-11-31(29-44)12-14-34)28-43-21-19-42(20-22-43)27-30-7-4-3-5-8-30/h2-18,24,37-39,44H,1,19-23,25-29H2,(H,41,45)/t37-,38+,39+/m1/s1. The average molecular weight is 648 g/mol. The minimum atomic E-state index is -0.503. The number of ether oxygens (including phenoxy) is 3. The molecule has 2 N–H and O–H groups in total. The summed E-state index contributed by atoms with van der Waals surface area (Å²) < 4.78 is 18.3. The molecule has 0 aliphatic carbocycles. The van der Waals surface area contributed by atoms with Crippen LogP contribution in [0.3, 0.4) is 0 Å². The maximum absolute atomic E-state index is 11.9. The van der Waals surface area contributed by atoms with Crippen LogP contribution in [-0.4, -0.2) is 66.4 Å². The van der Waals surface area contributed by atoms with E-state index in [4.69, 9.17) is 14.2 Å². The van der Waals surface area contributed by atoms with E-state index in [-0.39, 0.29) is 25.4 Å². The first-order chi connectivity index (χ1) is 23.6. The molecule has 4 aromatic rings. The zero-order chi connectivity index (χ0) is 33.1. The Morgan fingerprint density at radius 3 is 2.25 bits per heavy atom. The highest BCUT2D eigenvalue weighted by molar-refractivity contribution is 5.68. The van der Waals surface area contributed by atoms with Crippen LogP contribution in [0.25, 0.3) is 11.1 Å². The molecule has 1 amide bonds. The summed E-state index contributed by atoms with van der Waals surface area (Å²) in [6.07, 6.45) is 1.22. The molecular formula is C40H45N3O5. The second kappa shape index (κ2) is 16.7. The molecule has 0 aromatic heterocycles. The quantitative estimate of drug-likeness (QED) is 0.167. The second-order valence-electron chi connectivity index (χ2n) is 12.5. The van der Waals surface area contributed by atoms with Gasteiger partial charge in [-0.15, -0.1) is 0 Å². The third kappa shape index (κ3) is 9.18. The van der Waals surface area contributed by atoms with Crippen molar-refractivity contribution >= 4 is 6.09 Å². The Morgan fingerprint density at radius 2 is 1.52 bits per heavy atom. The first-order valence-corrected chi connectivity index (χ1v) is 16.8. The fourth-order valence-electron chi connectivity index (χ4n) is 6.35. The molecule has 250 valence electrons. The van der Waals surface area contributed by atoms with Crippen LogP contribution < -0.4 is 5.32 Å². The SMILES string of the molecule is C=CCOC(=O)NCc1cccc(-c2ccc([C@H]3O[C@@H](CN4CCN(Cc5ccccc5)CC4)C[C@@H](c4ccc(CO)cc4)O3)cc2)c1. The van der Waals surface area contributed by atoms with Crippen molar-refractivity contribution in [3.05, 3.63) is 144 Å². The maximum Gasteiger partial charge on any atom is 0.407 e. The van der Waals surface area contributed by atoms with E-state index in [9.17, 15) is 9.90 Å². The number of amides is 1. The minimum absolute atomic E-state index is 0.00831. The zero-order valence-corrected chi connectivity index (χ0v) is 27.4. The Bertz CT molecular complexity index is 1600. The van der Waals surface area contributed by atoms with Crippen LogP contribution in [-0.2, 0) is 33.9 Å². The van der Waals surface area contributed by atoms with Crippen LogP contribution in [0.2, 0.25) is 0 Å². The monoisotopic (exact) mass is 647 g/mol. The highest BCUT2D eigenvalue weighted by Gasteiger charge is 2.33. The predicted octanol–water partition coefficient (Wildman–Crippen LogP) is 6.62. The van der Waals surface area contributed by atoms with Crippen molar-refractivity contribution < 1.29 is 24.1 Å². The normalized spacial score (nSPS) is 20.2. The summed E-state index contributed by atoms with van der Waals surface area (Å²) in [5.74, 6) is 0. The number of nitrogens with one attached hydrogen (secondary N) is 1. The Labute approximate surface area is 283 Å². The van der Waals surface area contributed by atoms with Crippen LogP contribution >= 0.6 is 0 Å². The van der Waals surface area contributed by atoms with Gasteiger partial charge in [-0.25, -0.2) is 4.79 Å². The molecule has 8 heteroatoms. The lowest BCUT2D eigenvalue weighted by Crippen LogP contribution is -2.49. The number of hydrogen-bond acceptors (Lipinski definition) is 7. The van der Waals surface area contributed by atoms with E-state index in [1.165, 1.54) is 11.6 Å². The van der Waals surface area contributed by atoms with Gasteiger partial charge in [-0.1, -0.05) is 110 Å². The Kier molecular flexibility index (Phi) is 11.7. The number of alkyl carbamates (subject to hydrolysis) is 1. The molecule has 4 aromatic carbocycles. The smallest absolute Gasteiger partial charge is 0.407 e. The number of carbonyl (C=O) groups is 1. The average Bonchev–Trinajstić information content (AvgIpc) is 3.14. The van der Waals surface area contributed by atoms with E-state index >= 15 is 0 Å². The summed E-state index contributed by atoms with van der Waals surface area (Å²) in [5, 5.41) is 12.3. The Balaban J connectivity index is 1.11. The van der Waals surface area contributed by atoms with Gasteiger partial charge < -0.3 is 24.6 Å². The van der Waals surface area contributed by atoms with Gasteiger partial charge in [0.1, 0.15) is 6.61 Å². The highest BCUT2D eigenvalue weighted by atomic mass is 16.7. The number of aliphatic hydroxyl groups excluding tert-OH is 1. The van der Waals surface area contributed by atoms with Gasteiger partial charge in [-0.3, -0.25) is 9.80 Å². The van der Waals surface area contributed by atoms with Crippen LogP contribution in [0.5, 0.6) is 0 Å². The van der Waals surface area contributed by atoms with Gasteiger partial charge in [-0.2, -0.15) is 0 Å². The van der Waals surface area contributed by atoms with Crippen molar-refractivity contribution in [1.82, 2.24) is 15.1 Å². The third-order valence-corrected chi connectivity index (χ3v) is 9.00. The summed E-state index contributed by atoms with van der Waals surface area (Å²) in [6, 6.07) is 35.2. The lowest BCUT2D eigenvalue weighted by atomic mass is 9.98. The highest BCUT2D eigenvalue weighted by Crippen LogP contribution is 2.38. The molecule has 0 spiro atoms. The number of piperazine rings is 1. The maximum atomic E-state index is 11.9. The van der Waals surface area contributed by atoms with Gasteiger partial charge in [0.2, 0.25) is 0 Å². The first kappa shape index (κ1) is 33.6. The predicted molar refractivity (Wildman–Crippen MR) is 187 cm³/mol. The zero-order valence-electron chi connectivity index (χ0n) is 27.4. The van der Waals surface area contributed by atoms with Crippen molar-refractivity contribution in [3.8, 4) is 11.1 Å². The molecule has 0 unspecified atom stereocenters. The molecule has 48 heavy (non-hydrogen) atoms. The number of benzene rings is 4.